The first-order valence-electron chi connectivity index (χ1n) is 4.81. The summed E-state index contributed by atoms with van der Waals surface area (Å²) in [5, 5.41) is 10.8. The van der Waals surface area contributed by atoms with Crippen molar-refractivity contribution in [3.8, 4) is 0 Å². The first-order chi connectivity index (χ1) is 6.50. The zero-order valence-corrected chi connectivity index (χ0v) is 9.05. The van der Waals surface area contributed by atoms with Crippen LogP contribution >= 0.6 is 0 Å². The van der Waals surface area contributed by atoms with Gasteiger partial charge in [0.05, 0.1) is 5.52 Å². The number of aromatic amines is 1. The van der Waals surface area contributed by atoms with Crippen LogP contribution in [0.25, 0.3) is 11.0 Å². The van der Waals surface area contributed by atoms with Crippen LogP contribution in [0.15, 0.2) is 12.1 Å². The lowest BCUT2D eigenvalue weighted by atomic mass is 9.83. The summed E-state index contributed by atoms with van der Waals surface area (Å²) in [6.07, 6.45) is 0. The number of rotatable bonds is 0. The van der Waals surface area contributed by atoms with Gasteiger partial charge in [0, 0.05) is 0 Å². The van der Waals surface area contributed by atoms with E-state index in [4.69, 9.17) is 0 Å². The standard InChI is InChI=1S/C11H15N3/c1-7-5-6-8-10(13-14-12-8)9(7)11(2,3)4/h5-6H,1-4H3,(H,12,13,14). The van der Waals surface area contributed by atoms with Crippen molar-refractivity contribution in [2.45, 2.75) is 33.1 Å². The molecule has 0 bridgehead atoms. The molecule has 0 saturated heterocycles. The van der Waals surface area contributed by atoms with Crippen LogP contribution in [0, 0.1) is 6.92 Å². The number of nitrogens with one attached hydrogen (secondary N) is 1. The van der Waals surface area contributed by atoms with Crippen LogP contribution in [0.3, 0.4) is 0 Å². The molecule has 0 aliphatic rings. The van der Waals surface area contributed by atoms with Gasteiger partial charge < -0.3 is 0 Å². The molecule has 1 heterocycles. The molecule has 1 aromatic heterocycles. The number of hydrogen-bond acceptors (Lipinski definition) is 2. The minimum Gasteiger partial charge on any atom is -0.257 e. The number of H-pyrrole nitrogens is 1. The maximum Gasteiger partial charge on any atom is 0.113 e. The van der Waals surface area contributed by atoms with E-state index in [0.717, 1.165) is 11.0 Å². The van der Waals surface area contributed by atoms with E-state index >= 15 is 0 Å². The molecule has 0 fully saturated rings. The lowest BCUT2D eigenvalue weighted by Crippen LogP contribution is -2.13. The van der Waals surface area contributed by atoms with E-state index in [0.29, 0.717) is 0 Å². The summed E-state index contributed by atoms with van der Waals surface area (Å²) in [5.41, 5.74) is 4.73. The minimum absolute atomic E-state index is 0.123. The zero-order chi connectivity index (χ0) is 10.3. The Hall–Kier alpha value is -1.38. The SMILES string of the molecule is Cc1ccc2nn[nH]c2c1C(C)(C)C. The van der Waals surface area contributed by atoms with E-state index in [2.05, 4.69) is 49.2 Å². The second kappa shape index (κ2) is 2.80. The maximum absolute atomic E-state index is 4.03. The first kappa shape index (κ1) is 9.19. The van der Waals surface area contributed by atoms with E-state index in [1.165, 1.54) is 11.1 Å². The average molecular weight is 189 g/mol. The number of aryl methyl sites for hydroxylation is 1. The van der Waals surface area contributed by atoms with Gasteiger partial charge in [0.1, 0.15) is 5.52 Å². The second-order valence-electron chi connectivity index (χ2n) is 4.71. The fraction of sp³-hybridized carbons (Fsp3) is 0.455. The summed E-state index contributed by atoms with van der Waals surface area (Å²) in [6, 6.07) is 4.11. The lowest BCUT2D eigenvalue weighted by Gasteiger charge is -2.21. The van der Waals surface area contributed by atoms with Gasteiger partial charge in [0.2, 0.25) is 0 Å². The first-order valence-corrected chi connectivity index (χ1v) is 4.81. The van der Waals surface area contributed by atoms with Crippen LogP contribution in [0.4, 0.5) is 0 Å². The van der Waals surface area contributed by atoms with Crippen LogP contribution in [0.5, 0.6) is 0 Å². The van der Waals surface area contributed by atoms with Gasteiger partial charge in [0.15, 0.2) is 0 Å². The van der Waals surface area contributed by atoms with Crippen molar-refractivity contribution < 1.29 is 0 Å². The molecule has 0 amide bonds. The van der Waals surface area contributed by atoms with Gasteiger partial charge in [-0.1, -0.05) is 32.1 Å². The van der Waals surface area contributed by atoms with Crippen molar-refractivity contribution in [2.24, 2.45) is 0 Å². The molecule has 0 radical (unpaired) electrons. The average Bonchev–Trinajstić information content (AvgIpc) is 2.48. The summed E-state index contributed by atoms with van der Waals surface area (Å²) < 4.78 is 0. The Labute approximate surface area is 83.5 Å². The van der Waals surface area contributed by atoms with Gasteiger partial charge in [-0.15, -0.1) is 5.10 Å². The van der Waals surface area contributed by atoms with Gasteiger partial charge in [-0.05, 0) is 29.5 Å². The molecule has 1 N–H and O–H groups in total. The predicted octanol–water partition coefficient (Wildman–Crippen LogP) is 2.56. The molecule has 0 aliphatic carbocycles. The molecular formula is C11H15N3. The van der Waals surface area contributed by atoms with Crippen molar-refractivity contribution >= 4 is 11.0 Å². The third-order valence-electron chi connectivity index (χ3n) is 2.46. The van der Waals surface area contributed by atoms with Gasteiger partial charge in [0.25, 0.3) is 0 Å². The summed E-state index contributed by atoms with van der Waals surface area (Å²) in [5.74, 6) is 0. The van der Waals surface area contributed by atoms with Crippen molar-refractivity contribution in [3.63, 3.8) is 0 Å². The Morgan fingerprint density at radius 3 is 2.57 bits per heavy atom. The predicted molar refractivity (Wildman–Crippen MR) is 57.3 cm³/mol. The highest BCUT2D eigenvalue weighted by atomic mass is 15.3. The number of benzene rings is 1. The molecule has 0 saturated carbocycles. The molecule has 2 aromatic rings. The Kier molecular flexibility index (Phi) is 1.84. The van der Waals surface area contributed by atoms with Crippen LogP contribution in [-0.2, 0) is 5.41 Å². The summed E-state index contributed by atoms with van der Waals surface area (Å²) in [4.78, 5) is 0. The molecular weight excluding hydrogens is 174 g/mol. The van der Waals surface area contributed by atoms with Crippen LogP contribution in [0.1, 0.15) is 31.9 Å². The van der Waals surface area contributed by atoms with Gasteiger partial charge in [-0.3, -0.25) is 5.10 Å². The Morgan fingerprint density at radius 2 is 1.93 bits per heavy atom. The molecule has 0 atom stereocenters. The molecule has 1 aromatic carbocycles. The smallest absolute Gasteiger partial charge is 0.113 e. The summed E-state index contributed by atoms with van der Waals surface area (Å²) in [7, 11) is 0. The van der Waals surface area contributed by atoms with Gasteiger partial charge in [-0.2, -0.15) is 0 Å². The van der Waals surface area contributed by atoms with Gasteiger partial charge >= 0.3 is 0 Å². The van der Waals surface area contributed by atoms with Crippen LogP contribution in [-0.4, -0.2) is 15.4 Å². The van der Waals surface area contributed by atoms with E-state index in [1.54, 1.807) is 0 Å². The topological polar surface area (TPSA) is 41.6 Å². The van der Waals surface area contributed by atoms with E-state index < -0.39 is 0 Å². The molecule has 0 unspecified atom stereocenters. The molecule has 74 valence electrons. The monoisotopic (exact) mass is 189 g/mol. The zero-order valence-electron chi connectivity index (χ0n) is 9.05. The number of fused-ring (bicyclic) bond motifs is 1. The van der Waals surface area contributed by atoms with Crippen LogP contribution < -0.4 is 0 Å². The number of hydrogen-bond donors (Lipinski definition) is 1. The molecule has 0 spiro atoms. The molecule has 0 aliphatic heterocycles. The van der Waals surface area contributed by atoms with Gasteiger partial charge in [-0.25, -0.2) is 0 Å². The van der Waals surface area contributed by atoms with Crippen LogP contribution in [0.2, 0.25) is 0 Å². The highest BCUT2D eigenvalue weighted by Crippen LogP contribution is 2.30. The number of aromatic nitrogens is 3. The Balaban J connectivity index is 2.83. The van der Waals surface area contributed by atoms with E-state index in [9.17, 15) is 0 Å². The second-order valence-corrected chi connectivity index (χ2v) is 4.71. The lowest BCUT2D eigenvalue weighted by molar-refractivity contribution is 0.590. The molecule has 2 rings (SSSR count). The quantitative estimate of drug-likeness (QED) is 0.692. The highest BCUT2D eigenvalue weighted by molar-refractivity contribution is 5.79. The van der Waals surface area contributed by atoms with E-state index in [-0.39, 0.29) is 5.41 Å². The summed E-state index contributed by atoms with van der Waals surface area (Å²) in [6.45, 7) is 8.74. The van der Waals surface area contributed by atoms with Crippen molar-refractivity contribution in [1.82, 2.24) is 15.4 Å². The third kappa shape index (κ3) is 1.29. The van der Waals surface area contributed by atoms with Crippen molar-refractivity contribution in [2.75, 3.05) is 0 Å². The largest absolute Gasteiger partial charge is 0.257 e. The normalized spacial score (nSPS) is 12.3. The third-order valence-corrected chi connectivity index (χ3v) is 2.46. The van der Waals surface area contributed by atoms with Crippen molar-refractivity contribution in [3.05, 3.63) is 23.3 Å². The Morgan fingerprint density at radius 1 is 1.21 bits per heavy atom. The maximum atomic E-state index is 4.03. The summed E-state index contributed by atoms with van der Waals surface area (Å²) >= 11 is 0. The minimum atomic E-state index is 0.123. The van der Waals surface area contributed by atoms with E-state index in [1.807, 2.05) is 6.07 Å². The fourth-order valence-corrected chi connectivity index (χ4v) is 1.99. The molecule has 14 heavy (non-hydrogen) atoms. The molecule has 3 nitrogen and oxygen atoms in total. The Bertz CT molecular complexity index is 463. The molecule has 3 heteroatoms. The number of nitrogens with zero attached hydrogens (tertiary/aromatic N) is 2. The highest BCUT2D eigenvalue weighted by Gasteiger charge is 2.20. The van der Waals surface area contributed by atoms with Crippen molar-refractivity contribution in [1.29, 1.82) is 0 Å². The fourth-order valence-electron chi connectivity index (χ4n) is 1.99.